The van der Waals surface area contributed by atoms with Gasteiger partial charge in [-0.25, -0.2) is 23.7 Å². The number of hydrogen-bond donors (Lipinski definition) is 3. The Morgan fingerprint density at radius 1 is 1.14 bits per heavy atom. The summed E-state index contributed by atoms with van der Waals surface area (Å²) in [4.78, 5) is 12.3. The number of nitrogens with two attached hydrogens (primary N) is 2. The highest BCUT2D eigenvalue weighted by Gasteiger charge is 2.12. The lowest BCUT2D eigenvalue weighted by molar-refractivity contribution is 0.287. The van der Waals surface area contributed by atoms with E-state index in [-0.39, 0.29) is 24.6 Å². The molecule has 0 bridgehead atoms. The van der Waals surface area contributed by atoms with E-state index in [0.717, 1.165) is 30.7 Å². The van der Waals surface area contributed by atoms with Crippen LogP contribution in [0.15, 0.2) is 23.4 Å². The van der Waals surface area contributed by atoms with Gasteiger partial charge < -0.3 is 16.6 Å². The van der Waals surface area contributed by atoms with E-state index in [9.17, 15) is 8.78 Å². The molecule has 0 aliphatic heterocycles. The summed E-state index contributed by atoms with van der Waals surface area (Å²) in [6.45, 7) is 6.40. The fraction of sp³-hybridized carbons (Fsp3) is 0.421. The van der Waals surface area contributed by atoms with Gasteiger partial charge in [-0.05, 0) is 12.5 Å². The molecule has 2 aromatic heterocycles. The van der Waals surface area contributed by atoms with Crippen LogP contribution in [0, 0.1) is 11.6 Å². The second-order valence-electron chi connectivity index (χ2n) is 5.18. The summed E-state index contributed by atoms with van der Waals surface area (Å²) in [6.07, 6.45) is 2.04. The molecule has 2 heterocycles. The van der Waals surface area contributed by atoms with E-state index >= 15 is 0 Å². The first-order valence-corrected chi connectivity index (χ1v) is 10.6. The Balaban J connectivity index is 0.000000862. The number of thioether (sulfide) groups is 1. The van der Waals surface area contributed by atoms with Gasteiger partial charge in [0.1, 0.15) is 10.5 Å². The average Bonchev–Trinajstić information content (AvgIpc) is 3.07. The molecule has 1 aromatic carbocycles. The number of aliphatic hydroxyl groups is 1. The third kappa shape index (κ3) is 8.08. The molecule has 0 aliphatic carbocycles. The standard InChI is InChI=1S/C12H9F2N5S2.C4H10O.C2H6.CH4/c13-6-3-1-2-5(7(6)14)4-20-12-17-9(15)8-10(19-12)18-11(16)21-8;1-2-3-4-5;1-2;/h1-3H,4H2,(H4,15,16,17,18,19);5H,2-4H2,1H3;1-2H3;1H4. The summed E-state index contributed by atoms with van der Waals surface area (Å²) in [5.41, 5.74) is 12.1. The normalized spacial score (nSPS) is 9.72. The Morgan fingerprint density at radius 3 is 2.41 bits per heavy atom. The van der Waals surface area contributed by atoms with Gasteiger partial charge in [-0.15, -0.1) is 0 Å². The van der Waals surface area contributed by atoms with Gasteiger partial charge in [-0.1, -0.05) is 69.9 Å². The van der Waals surface area contributed by atoms with Crippen LogP contribution in [0.2, 0.25) is 0 Å². The van der Waals surface area contributed by atoms with Crippen molar-refractivity contribution in [3.05, 3.63) is 35.4 Å². The zero-order valence-electron chi connectivity index (χ0n) is 16.1. The number of thiazole rings is 1. The molecule has 0 fully saturated rings. The van der Waals surface area contributed by atoms with Crippen LogP contribution in [0.4, 0.5) is 19.7 Å². The van der Waals surface area contributed by atoms with Gasteiger partial charge >= 0.3 is 0 Å². The molecule has 0 saturated carbocycles. The first-order chi connectivity index (χ1) is 13.5. The molecular formula is C19H29F2N5OS2. The zero-order valence-corrected chi connectivity index (χ0v) is 17.7. The molecule has 0 amide bonds. The summed E-state index contributed by atoms with van der Waals surface area (Å²) in [6, 6.07) is 4.03. The number of aromatic nitrogens is 3. The SMILES string of the molecule is C.CC.CCCCO.Nc1nc2nc(SCc3cccc(F)c3F)nc(N)c2s1. The molecule has 162 valence electrons. The molecule has 0 atom stereocenters. The number of unbranched alkanes of at least 4 members (excludes halogenated alkanes) is 1. The minimum Gasteiger partial charge on any atom is -0.396 e. The van der Waals surface area contributed by atoms with Gasteiger partial charge in [-0.3, -0.25) is 0 Å². The summed E-state index contributed by atoms with van der Waals surface area (Å²) >= 11 is 2.35. The van der Waals surface area contributed by atoms with E-state index in [1.807, 2.05) is 13.8 Å². The van der Waals surface area contributed by atoms with Crippen molar-refractivity contribution in [1.29, 1.82) is 0 Å². The summed E-state index contributed by atoms with van der Waals surface area (Å²) in [7, 11) is 0. The van der Waals surface area contributed by atoms with Crippen LogP contribution in [0.1, 0.15) is 46.6 Å². The molecule has 3 rings (SSSR count). The second kappa shape index (κ2) is 14.0. The van der Waals surface area contributed by atoms with Gasteiger partial charge in [0.2, 0.25) is 0 Å². The average molecular weight is 446 g/mol. The summed E-state index contributed by atoms with van der Waals surface area (Å²) < 4.78 is 27.3. The van der Waals surface area contributed by atoms with Crippen LogP contribution in [0.5, 0.6) is 0 Å². The smallest absolute Gasteiger partial charge is 0.191 e. The van der Waals surface area contributed by atoms with Crippen LogP contribution in [-0.2, 0) is 5.75 Å². The van der Waals surface area contributed by atoms with Gasteiger partial charge in [0.15, 0.2) is 27.6 Å². The fourth-order valence-corrected chi connectivity index (χ4v) is 3.36. The highest BCUT2D eigenvalue weighted by molar-refractivity contribution is 7.98. The molecule has 29 heavy (non-hydrogen) atoms. The lowest BCUT2D eigenvalue weighted by atomic mass is 10.2. The van der Waals surface area contributed by atoms with Crippen LogP contribution in [0.25, 0.3) is 10.3 Å². The van der Waals surface area contributed by atoms with Crippen LogP contribution in [0.3, 0.4) is 0 Å². The lowest BCUT2D eigenvalue weighted by Gasteiger charge is -2.04. The number of benzene rings is 1. The summed E-state index contributed by atoms with van der Waals surface area (Å²) in [5.74, 6) is -1.28. The van der Waals surface area contributed by atoms with E-state index in [2.05, 4.69) is 21.9 Å². The number of rotatable bonds is 5. The van der Waals surface area contributed by atoms with Gasteiger partial charge in [0.05, 0.1) is 0 Å². The maximum atomic E-state index is 13.6. The van der Waals surface area contributed by atoms with E-state index < -0.39 is 11.6 Å². The molecule has 0 radical (unpaired) electrons. The van der Waals surface area contributed by atoms with E-state index in [1.54, 1.807) is 0 Å². The van der Waals surface area contributed by atoms with Crippen LogP contribution >= 0.6 is 23.1 Å². The number of hydrogen-bond acceptors (Lipinski definition) is 8. The van der Waals surface area contributed by atoms with Crippen molar-refractivity contribution >= 4 is 44.4 Å². The predicted octanol–water partition coefficient (Wildman–Crippen LogP) is 5.26. The Morgan fingerprint density at radius 2 is 1.83 bits per heavy atom. The number of fused-ring (bicyclic) bond motifs is 1. The topological polar surface area (TPSA) is 111 Å². The van der Waals surface area contributed by atoms with Crippen molar-refractivity contribution in [3.63, 3.8) is 0 Å². The molecule has 3 aromatic rings. The number of aliphatic hydroxyl groups excluding tert-OH is 1. The van der Waals surface area contributed by atoms with Crippen molar-refractivity contribution < 1.29 is 13.9 Å². The minimum atomic E-state index is -0.878. The van der Waals surface area contributed by atoms with Gasteiger partial charge in [-0.2, -0.15) is 0 Å². The van der Waals surface area contributed by atoms with Crippen molar-refractivity contribution in [2.75, 3.05) is 18.1 Å². The maximum Gasteiger partial charge on any atom is 0.191 e. The Labute approximate surface area is 178 Å². The third-order valence-electron chi connectivity index (χ3n) is 3.18. The van der Waals surface area contributed by atoms with E-state index in [0.29, 0.717) is 27.2 Å². The van der Waals surface area contributed by atoms with Crippen molar-refractivity contribution in [2.24, 2.45) is 0 Å². The highest BCUT2D eigenvalue weighted by atomic mass is 32.2. The van der Waals surface area contributed by atoms with Crippen molar-refractivity contribution in [1.82, 2.24) is 15.0 Å². The second-order valence-corrected chi connectivity index (χ2v) is 7.15. The largest absolute Gasteiger partial charge is 0.396 e. The van der Waals surface area contributed by atoms with E-state index in [1.165, 1.54) is 23.5 Å². The molecular weight excluding hydrogens is 416 g/mol. The fourth-order valence-electron chi connectivity index (χ4n) is 1.87. The Hall–Kier alpha value is -2.04. The molecule has 10 heteroatoms. The van der Waals surface area contributed by atoms with Crippen LogP contribution in [-0.4, -0.2) is 26.7 Å². The Bertz CT molecular complexity index is 875. The van der Waals surface area contributed by atoms with Gasteiger partial charge in [0.25, 0.3) is 0 Å². The first-order valence-electron chi connectivity index (χ1n) is 8.82. The Kier molecular flexibility index (Phi) is 13.0. The molecule has 5 N–H and O–H groups in total. The number of nitrogen functional groups attached to an aromatic ring is 2. The monoisotopic (exact) mass is 445 g/mol. The zero-order chi connectivity index (χ0) is 21.1. The first kappa shape index (κ1) is 27.0. The third-order valence-corrected chi connectivity index (χ3v) is 4.97. The highest BCUT2D eigenvalue weighted by Crippen LogP contribution is 2.30. The maximum absolute atomic E-state index is 13.6. The van der Waals surface area contributed by atoms with Gasteiger partial charge in [0, 0.05) is 17.9 Å². The number of halogens is 2. The summed E-state index contributed by atoms with van der Waals surface area (Å²) in [5, 5.41) is 8.76. The van der Waals surface area contributed by atoms with Crippen molar-refractivity contribution in [2.45, 2.75) is 51.9 Å². The van der Waals surface area contributed by atoms with E-state index in [4.69, 9.17) is 16.6 Å². The molecule has 0 saturated heterocycles. The number of nitrogens with zero attached hydrogens (tertiary/aromatic N) is 3. The number of anilines is 2. The molecule has 0 spiro atoms. The molecule has 0 aliphatic rings. The molecule has 0 unspecified atom stereocenters. The minimum absolute atomic E-state index is 0. The lowest BCUT2D eigenvalue weighted by Crippen LogP contribution is -1.97. The predicted molar refractivity (Wildman–Crippen MR) is 120 cm³/mol. The quantitative estimate of drug-likeness (QED) is 0.363. The molecule has 6 nitrogen and oxygen atoms in total. The van der Waals surface area contributed by atoms with Crippen molar-refractivity contribution in [3.8, 4) is 0 Å². The van der Waals surface area contributed by atoms with Crippen LogP contribution < -0.4 is 11.5 Å².